The second-order valence-electron chi connectivity index (χ2n) is 7.59. The lowest BCUT2D eigenvalue weighted by Gasteiger charge is -2.24. The van der Waals surface area contributed by atoms with Gasteiger partial charge in [-0.05, 0) is 26.0 Å². The van der Waals surface area contributed by atoms with Crippen molar-refractivity contribution in [3.05, 3.63) is 54.6 Å². The van der Waals surface area contributed by atoms with Crippen LogP contribution in [0.15, 0.2) is 48.6 Å². The number of esters is 1. The minimum absolute atomic E-state index is 0.0649. The number of hydrogen-bond donors (Lipinski definition) is 2. The van der Waals surface area contributed by atoms with E-state index < -0.39 is 50.3 Å². The number of benzene rings is 1. The van der Waals surface area contributed by atoms with Gasteiger partial charge in [0.05, 0.1) is 12.9 Å². The van der Waals surface area contributed by atoms with E-state index >= 15 is 0 Å². The summed E-state index contributed by atoms with van der Waals surface area (Å²) in [6, 6.07) is 7.24. The third-order valence-electron chi connectivity index (χ3n) is 4.90. The number of ether oxygens (including phenoxy) is 3. The Morgan fingerprint density at radius 3 is 2.78 bits per heavy atom. The van der Waals surface area contributed by atoms with E-state index in [9.17, 15) is 18.1 Å². The lowest BCUT2D eigenvalue weighted by atomic mass is 10.3. The predicted molar refractivity (Wildman–Crippen MR) is 123 cm³/mol. The molecule has 36 heavy (non-hydrogen) atoms. The molecule has 3 aromatic rings. The van der Waals surface area contributed by atoms with Crippen molar-refractivity contribution in [2.45, 2.75) is 32.4 Å². The van der Waals surface area contributed by atoms with Crippen LogP contribution in [-0.4, -0.2) is 50.8 Å². The highest BCUT2D eigenvalue weighted by Gasteiger charge is 2.36. The summed E-state index contributed by atoms with van der Waals surface area (Å²) in [7, 11) is -3.89. The molecule has 0 radical (unpaired) electrons. The molecule has 4 atom stereocenters. The normalized spacial score (nSPS) is 20.1. The van der Waals surface area contributed by atoms with Crippen molar-refractivity contribution in [1.82, 2.24) is 24.6 Å². The molecule has 2 aromatic heterocycles. The number of nitrogens with zero attached hydrogens (tertiary/aromatic N) is 4. The van der Waals surface area contributed by atoms with Crippen LogP contribution in [0.3, 0.4) is 0 Å². The largest absolute Gasteiger partial charge is 0.465 e. The molecule has 0 bridgehead atoms. The van der Waals surface area contributed by atoms with Gasteiger partial charge in [-0.3, -0.25) is 13.9 Å². The quantitative estimate of drug-likeness (QED) is 0.229. The van der Waals surface area contributed by atoms with Crippen LogP contribution >= 0.6 is 7.52 Å². The number of carbonyl (C=O) groups is 1. The molecule has 0 spiro atoms. The molecule has 4 rings (SSSR count). The van der Waals surface area contributed by atoms with Gasteiger partial charge in [0.25, 0.3) is 0 Å². The molecule has 0 aliphatic carbocycles. The summed E-state index contributed by atoms with van der Waals surface area (Å²) >= 11 is 0. The molecule has 0 amide bonds. The van der Waals surface area contributed by atoms with Gasteiger partial charge < -0.3 is 24.5 Å². The number of carbonyl (C=O) groups excluding carboxylic acids is 1. The lowest BCUT2D eigenvalue weighted by molar-refractivity contribution is -0.144. The van der Waals surface area contributed by atoms with Crippen molar-refractivity contribution >= 4 is 30.5 Å². The van der Waals surface area contributed by atoms with Crippen LogP contribution < -0.4 is 15.3 Å². The third-order valence-corrected chi connectivity index (χ3v) is 6.68. The summed E-state index contributed by atoms with van der Waals surface area (Å²) in [5.41, 5.74) is 5.62. The van der Waals surface area contributed by atoms with Gasteiger partial charge in [-0.1, -0.05) is 18.2 Å². The Balaban J connectivity index is 1.49. The minimum atomic E-state index is -3.89. The van der Waals surface area contributed by atoms with E-state index in [4.69, 9.17) is 24.5 Å². The smallest absolute Gasteiger partial charge is 0.342 e. The Kier molecular flexibility index (Phi) is 7.59. The fraction of sp³-hybridized carbons (Fsp3) is 0.333. The molecular weight excluding hydrogens is 501 g/mol. The van der Waals surface area contributed by atoms with E-state index in [1.807, 2.05) is 0 Å². The van der Waals surface area contributed by atoms with Gasteiger partial charge in [0, 0.05) is 6.08 Å². The molecule has 3 heterocycles. The van der Waals surface area contributed by atoms with Gasteiger partial charge in [-0.2, -0.15) is 14.4 Å². The minimum Gasteiger partial charge on any atom is -0.465 e. The average Bonchev–Trinajstić information content (AvgIpc) is 3.41. The van der Waals surface area contributed by atoms with Crippen molar-refractivity contribution < 1.29 is 36.9 Å². The molecule has 1 aromatic carbocycles. The summed E-state index contributed by atoms with van der Waals surface area (Å²) in [6.07, 6.45) is -2.24. The van der Waals surface area contributed by atoms with Crippen LogP contribution in [0.25, 0.3) is 11.2 Å². The number of nitrogens with one attached hydrogen (secondary N) is 1. The number of anilines is 1. The summed E-state index contributed by atoms with van der Waals surface area (Å²) < 4.78 is 64.8. The van der Waals surface area contributed by atoms with E-state index in [1.165, 1.54) is 13.3 Å². The number of hydrogen-bond acceptors (Lipinski definition) is 10. The molecule has 1 aliphatic heterocycles. The monoisotopic (exact) mass is 524 g/mol. The van der Waals surface area contributed by atoms with E-state index in [0.29, 0.717) is 0 Å². The molecule has 3 N–H and O–H groups in total. The molecule has 12 nitrogen and oxygen atoms in total. The molecule has 1 aliphatic rings. The van der Waals surface area contributed by atoms with Crippen LogP contribution in [-0.2, 0) is 23.6 Å². The fourth-order valence-electron chi connectivity index (χ4n) is 3.34. The van der Waals surface area contributed by atoms with Crippen LogP contribution in [0.4, 0.5) is 14.6 Å². The number of aromatic nitrogens is 4. The number of fused-ring (bicyclic) bond motifs is 1. The van der Waals surface area contributed by atoms with Gasteiger partial charge in [-0.15, -0.1) is 0 Å². The first kappa shape index (κ1) is 25.6. The fourth-order valence-corrected chi connectivity index (χ4v) is 5.02. The Hall–Kier alpha value is -3.45. The number of nitrogens with two attached hydrogens (primary N) is 1. The molecule has 0 saturated heterocycles. The average molecular weight is 524 g/mol. The van der Waals surface area contributed by atoms with Crippen LogP contribution in [0, 0.1) is 6.08 Å². The number of rotatable bonds is 10. The van der Waals surface area contributed by atoms with Gasteiger partial charge in [0.2, 0.25) is 0 Å². The Morgan fingerprint density at radius 2 is 2.06 bits per heavy atom. The van der Waals surface area contributed by atoms with Crippen molar-refractivity contribution in [3.63, 3.8) is 0 Å². The zero-order valence-electron chi connectivity index (χ0n) is 19.2. The zero-order valence-corrected chi connectivity index (χ0v) is 20.1. The number of imidazole rings is 1. The second-order valence-corrected chi connectivity index (χ2v) is 9.63. The van der Waals surface area contributed by atoms with Crippen molar-refractivity contribution in [1.29, 1.82) is 0 Å². The molecule has 0 fully saturated rings. The van der Waals surface area contributed by atoms with Gasteiger partial charge >= 0.3 is 19.6 Å². The van der Waals surface area contributed by atoms with Gasteiger partial charge in [0.1, 0.15) is 11.8 Å². The maximum atomic E-state index is 14.8. The molecule has 15 heteroatoms. The summed E-state index contributed by atoms with van der Waals surface area (Å²) in [4.78, 5) is 23.0. The summed E-state index contributed by atoms with van der Waals surface area (Å²) in [5.74, 6) is -1.39. The van der Waals surface area contributed by atoms with Gasteiger partial charge in [0.15, 0.2) is 41.7 Å². The number of halogens is 2. The van der Waals surface area contributed by atoms with E-state index in [0.717, 1.165) is 10.6 Å². The lowest BCUT2D eigenvalue weighted by Crippen LogP contribution is -2.36. The predicted octanol–water partition coefficient (Wildman–Crippen LogP) is 3.04. The third kappa shape index (κ3) is 5.68. The summed E-state index contributed by atoms with van der Waals surface area (Å²) in [5, 5.41) is 2.61. The first-order chi connectivity index (χ1) is 17.2. The standard InChI is InChI=1S/C21H23F2N6O6P/c1-3-32-20(30)12(2)28-36(31,35-13-7-5-4-6-8-13)11-33-15-9-14(22)19(34-15)29-10-25-16-17(24)26-21(23)27-18(16)29/h4-10,12,15,19H,3,11H2,1-2H3,(H,28,31)(H2,24,26,27)/t12-,15-,19+,36?/m0/s1. The number of nitrogen functional groups attached to an aromatic ring is 1. The first-order valence-electron chi connectivity index (χ1n) is 10.8. The SMILES string of the molecule is CCOC(=O)[C@H](C)NP(=O)(CO[C@@H]1C=C(F)[C@H](n2cnc3c(N)nc(F)nc32)O1)Oc1ccccc1. The van der Waals surface area contributed by atoms with Crippen molar-refractivity contribution in [2.24, 2.45) is 0 Å². The Bertz CT molecular complexity index is 1320. The van der Waals surface area contributed by atoms with E-state index in [1.54, 1.807) is 37.3 Å². The second kappa shape index (κ2) is 10.7. The van der Waals surface area contributed by atoms with E-state index in [2.05, 4.69) is 20.0 Å². The highest BCUT2D eigenvalue weighted by atomic mass is 31.2. The number of para-hydroxylation sites is 1. The molecular formula is C21H23F2N6O6P. The molecule has 0 saturated carbocycles. The van der Waals surface area contributed by atoms with Gasteiger partial charge in [-0.25, -0.2) is 14.5 Å². The highest BCUT2D eigenvalue weighted by Crippen LogP contribution is 2.45. The van der Waals surface area contributed by atoms with Crippen molar-refractivity contribution in [3.8, 4) is 5.75 Å². The maximum Gasteiger partial charge on any atom is 0.342 e. The maximum absolute atomic E-state index is 14.8. The molecule has 1 unspecified atom stereocenters. The van der Waals surface area contributed by atoms with Crippen LogP contribution in [0.1, 0.15) is 20.1 Å². The first-order valence-corrected chi connectivity index (χ1v) is 12.6. The summed E-state index contributed by atoms with van der Waals surface area (Å²) in [6.45, 7) is 3.23. The Labute approximate surface area is 203 Å². The highest BCUT2D eigenvalue weighted by molar-refractivity contribution is 7.57. The zero-order chi connectivity index (χ0) is 25.9. The van der Waals surface area contributed by atoms with E-state index in [-0.39, 0.29) is 29.3 Å². The topological polar surface area (TPSA) is 153 Å². The van der Waals surface area contributed by atoms with Crippen molar-refractivity contribution in [2.75, 3.05) is 18.7 Å². The Morgan fingerprint density at radius 1 is 1.31 bits per heavy atom. The van der Waals surface area contributed by atoms with Crippen LogP contribution in [0.5, 0.6) is 5.75 Å². The van der Waals surface area contributed by atoms with Crippen LogP contribution in [0.2, 0.25) is 0 Å². The molecule has 192 valence electrons.